The average Bonchev–Trinajstić information content (AvgIpc) is 2.83. The van der Waals surface area contributed by atoms with Crippen molar-refractivity contribution in [3.8, 4) is 5.69 Å². The molecule has 0 unspecified atom stereocenters. The highest BCUT2D eigenvalue weighted by atomic mass is 35.5. The minimum absolute atomic E-state index is 0.457. The van der Waals surface area contributed by atoms with Gasteiger partial charge in [0.05, 0.1) is 24.1 Å². The molecule has 3 rings (SSSR count). The highest BCUT2D eigenvalue weighted by Crippen LogP contribution is 2.19. The van der Waals surface area contributed by atoms with E-state index < -0.39 is 0 Å². The van der Waals surface area contributed by atoms with Gasteiger partial charge in [0.25, 0.3) is 0 Å². The van der Waals surface area contributed by atoms with Crippen LogP contribution >= 0.6 is 11.6 Å². The van der Waals surface area contributed by atoms with Crippen molar-refractivity contribution >= 4 is 22.5 Å². The molecule has 0 fully saturated rings. The highest BCUT2D eigenvalue weighted by Gasteiger charge is 2.07. The lowest BCUT2D eigenvalue weighted by atomic mass is 10.3. The predicted octanol–water partition coefficient (Wildman–Crippen LogP) is 1.81. The van der Waals surface area contributed by atoms with Crippen molar-refractivity contribution in [1.29, 1.82) is 0 Å². The van der Waals surface area contributed by atoms with Crippen LogP contribution in [0.5, 0.6) is 0 Å². The first-order chi connectivity index (χ1) is 7.74. The third kappa shape index (κ3) is 1.37. The lowest BCUT2D eigenvalue weighted by molar-refractivity contribution is 0.766. The van der Waals surface area contributed by atoms with Crippen molar-refractivity contribution in [3.05, 3.63) is 36.0 Å². The summed E-state index contributed by atoms with van der Waals surface area (Å²) in [6, 6.07) is 1.79. The largest absolute Gasteiger partial charge is 0.274 e. The summed E-state index contributed by atoms with van der Waals surface area (Å²) in [5.41, 5.74) is 1.83. The number of hydrogen-bond donors (Lipinski definition) is 0. The van der Waals surface area contributed by atoms with Crippen LogP contribution in [0.1, 0.15) is 0 Å². The molecule has 3 aromatic rings. The Bertz CT molecular complexity index is 654. The van der Waals surface area contributed by atoms with Crippen molar-refractivity contribution in [2.75, 3.05) is 0 Å². The molecule has 0 amide bonds. The third-order valence-electron chi connectivity index (χ3n) is 2.35. The Morgan fingerprint density at radius 3 is 2.81 bits per heavy atom. The van der Waals surface area contributed by atoms with Gasteiger partial charge in [0.1, 0.15) is 10.8 Å². The molecule has 0 bridgehead atoms. The van der Waals surface area contributed by atoms with Crippen LogP contribution < -0.4 is 0 Å². The summed E-state index contributed by atoms with van der Waals surface area (Å²) in [4.78, 5) is 4.01. The molecule has 80 valence electrons. The second-order valence-electron chi connectivity index (χ2n) is 3.49. The van der Waals surface area contributed by atoms with E-state index >= 15 is 0 Å². The van der Waals surface area contributed by atoms with Crippen molar-refractivity contribution < 1.29 is 0 Å². The fourth-order valence-corrected chi connectivity index (χ4v) is 1.77. The summed E-state index contributed by atoms with van der Waals surface area (Å²) in [6.45, 7) is 0. The molecule has 0 spiro atoms. The van der Waals surface area contributed by atoms with Gasteiger partial charge < -0.3 is 0 Å². The molecule has 0 atom stereocenters. The molecule has 16 heavy (non-hydrogen) atoms. The van der Waals surface area contributed by atoms with Crippen molar-refractivity contribution in [3.63, 3.8) is 0 Å². The highest BCUT2D eigenvalue weighted by molar-refractivity contribution is 6.30. The maximum Gasteiger partial charge on any atom is 0.131 e. The van der Waals surface area contributed by atoms with Gasteiger partial charge in [-0.25, -0.2) is 9.67 Å². The summed E-state index contributed by atoms with van der Waals surface area (Å²) < 4.78 is 3.52. The molecule has 0 saturated heterocycles. The number of pyridine rings is 1. The first-order valence-corrected chi connectivity index (χ1v) is 5.10. The number of aromatic nitrogens is 5. The fraction of sp³-hybridized carbons (Fsp3) is 0.100. The molecular formula is C10H8ClN5. The molecule has 0 radical (unpaired) electrons. The SMILES string of the molecule is Cn1cc(-n2ncc3cnc(Cl)cc32)cn1. The maximum absolute atomic E-state index is 5.87. The minimum atomic E-state index is 0.457. The van der Waals surface area contributed by atoms with E-state index in [0.717, 1.165) is 16.6 Å². The average molecular weight is 234 g/mol. The van der Waals surface area contributed by atoms with E-state index in [2.05, 4.69) is 15.2 Å². The Hall–Kier alpha value is -1.88. The predicted molar refractivity (Wildman–Crippen MR) is 60.6 cm³/mol. The van der Waals surface area contributed by atoms with E-state index in [0.29, 0.717) is 5.15 Å². The lowest BCUT2D eigenvalue weighted by Gasteiger charge is -1.98. The van der Waals surface area contributed by atoms with Crippen LogP contribution in [0.2, 0.25) is 5.15 Å². The number of hydrogen-bond acceptors (Lipinski definition) is 3. The third-order valence-corrected chi connectivity index (χ3v) is 2.56. The van der Waals surface area contributed by atoms with Gasteiger partial charge in [0, 0.05) is 24.7 Å². The smallest absolute Gasteiger partial charge is 0.131 e. The second kappa shape index (κ2) is 3.31. The van der Waals surface area contributed by atoms with Gasteiger partial charge in [-0.3, -0.25) is 4.68 Å². The first kappa shape index (κ1) is 9.35. The van der Waals surface area contributed by atoms with Crippen LogP contribution in [0.25, 0.3) is 16.6 Å². The van der Waals surface area contributed by atoms with Crippen molar-refractivity contribution in [2.24, 2.45) is 7.05 Å². The van der Waals surface area contributed by atoms with E-state index in [1.165, 1.54) is 0 Å². The lowest BCUT2D eigenvalue weighted by Crippen LogP contribution is -1.94. The number of aryl methyl sites for hydroxylation is 1. The molecule has 0 aliphatic heterocycles. The van der Waals surface area contributed by atoms with Crippen molar-refractivity contribution in [2.45, 2.75) is 0 Å². The van der Waals surface area contributed by atoms with Crippen LogP contribution in [0.3, 0.4) is 0 Å². The number of rotatable bonds is 1. The molecule has 0 saturated carbocycles. The monoisotopic (exact) mass is 233 g/mol. The second-order valence-corrected chi connectivity index (χ2v) is 3.88. The van der Waals surface area contributed by atoms with E-state index in [9.17, 15) is 0 Å². The minimum Gasteiger partial charge on any atom is -0.274 e. The molecule has 5 nitrogen and oxygen atoms in total. The number of fused-ring (bicyclic) bond motifs is 1. The van der Waals surface area contributed by atoms with Crippen LogP contribution in [0.4, 0.5) is 0 Å². The molecule has 6 heteroatoms. The zero-order valence-electron chi connectivity index (χ0n) is 8.50. The Kier molecular flexibility index (Phi) is 1.94. The molecule has 3 heterocycles. The number of nitrogens with zero attached hydrogens (tertiary/aromatic N) is 5. The normalized spacial score (nSPS) is 11.1. The van der Waals surface area contributed by atoms with Crippen LogP contribution in [-0.2, 0) is 7.05 Å². The molecular weight excluding hydrogens is 226 g/mol. The summed E-state index contributed by atoms with van der Waals surface area (Å²) in [5.74, 6) is 0. The summed E-state index contributed by atoms with van der Waals surface area (Å²) in [5, 5.41) is 9.80. The van der Waals surface area contributed by atoms with Crippen LogP contribution in [0, 0.1) is 0 Å². The van der Waals surface area contributed by atoms with E-state index in [1.54, 1.807) is 34.0 Å². The van der Waals surface area contributed by atoms with E-state index in [-0.39, 0.29) is 0 Å². The topological polar surface area (TPSA) is 48.5 Å². The maximum atomic E-state index is 5.87. The van der Waals surface area contributed by atoms with Crippen LogP contribution in [-0.4, -0.2) is 24.5 Å². The van der Waals surface area contributed by atoms with E-state index in [4.69, 9.17) is 11.6 Å². The first-order valence-electron chi connectivity index (χ1n) is 4.72. The Morgan fingerprint density at radius 1 is 1.19 bits per heavy atom. The molecule has 0 aliphatic rings. The molecule has 0 aromatic carbocycles. The van der Waals surface area contributed by atoms with Gasteiger partial charge in [-0.2, -0.15) is 10.2 Å². The zero-order chi connectivity index (χ0) is 11.1. The Labute approximate surface area is 96.3 Å². The van der Waals surface area contributed by atoms with Crippen molar-refractivity contribution in [1.82, 2.24) is 24.5 Å². The molecule has 0 aliphatic carbocycles. The van der Waals surface area contributed by atoms with Gasteiger partial charge in [0.2, 0.25) is 0 Å². The zero-order valence-corrected chi connectivity index (χ0v) is 9.26. The van der Waals surface area contributed by atoms with Gasteiger partial charge in [-0.15, -0.1) is 0 Å². The summed E-state index contributed by atoms with van der Waals surface area (Å²) in [6.07, 6.45) is 7.10. The van der Waals surface area contributed by atoms with Gasteiger partial charge >= 0.3 is 0 Å². The quantitative estimate of drug-likeness (QED) is 0.603. The van der Waals surface area contributed by atoms with Gasteiger partial charge in [-0.05, 0) is 0 Å². The summed E-state index contributed by atoms with van der Waals surface area (Å²) >= 11 is 5.87. The molecule has 0 N–H and O–H groups in total. The van der Waals surface area contributed by atoms with E-state index in [1.807, 2.05) is 13.2 Å². The summed E-state index contributed by atoms with van der Waals surface area (Å²) in [7, 11) is 1.86. The van der Waals surface area contributed by atoms with Crippen LogP contribution in [0.15, 0.2) is 30.9 Å². The van der Waals surface area contributed by atoms with Gasteiger partial charge in [-0.1, -0.05) is 11.6 Å². The molecule has 3 aromatic heterocycles. The fourth-order valence-electron chi connectivity index (χ4n) is 1.62. The Morgan fingerprint density at radius 2 is 2.06 bits per heavy atom. The van der Waals surface area contributed by atoms with Gasteiger partial charge in [0.15, 0.2) is 0 Å². The Balaban J connectivity index is 2.27. The standard InChI is InChI=1S/C10H8ClN5/c1-15-6-8(5-13-15)16-9-2-10(11)12-3-7(9)4-14-16/h2-6H,1H3. The number of halogens is 1.